The lowest BCUT2D eigenvalue weighted by Gasteiger charge is -2.36. The van der Waals surface area contributed by atoms with Gasteiger partial charge in [0.25, 0.3) is 0 Å². The summed E-state index contributed by atoms with van der Waals surface area (Å²) in [5.74, 6) is 0.692. The third-order valence-corrected chi connectivity index (χ3v) is 6.20. The smallest absolute Gasteiger partial charge is 0.242 e. The Morgan fingerprint density at radius 1 is 1.17 bits per heavy atom. The van der Waals surface area contributed by atoms with Gasteiger partial charge in [-0.3, -0.25) is 9.79 Å². The van der Waals surface area contributed by atoms with E-state index in [-0.39, 0.29) is 12.5 Å². The zero-order valence-electron chi connectivity index (χ0n) is 17.0. The average Bonchev–Trinajstić information content (AvgIpc) is 3.05. The van der Waals surface area contributed by atoms with Gasteiger partial charge in [0.05, 0.1) is 23.8 Å². The maximum atomic E-state index is 12.6. The predicted molar refractivity (Wildman–Crippen MR) is 120 cm³/mol. The van der Waals surface area contributed by atoms with Crippen LogP contribution in [0.1, 0.15) is 15.6 Å². The topological polar surface area (TPSA) is 72.9 Å². The fraction of sp³-hybridized carbons (Fsp3) is 0.450. The summed E-state index contributed by atoms with van der Waals surface area (Å²) >= 11 is 7.63. The number of aromatic nitrogens is 1. The Morgan fingerprint density at radius 3 is 2.45 bits per heavy atom. The van der Waals surface area contributed by atoms with Crippen molar-refractivity contribution in [3.05, 3.63) is 44.9 Å². The molecule has 3 rings (SSSR count). The van der Waals surface area contributed by atoms with Gasteiger partial charge in [-0.1, -0.05) is 11.6 Å². The summed E-state index contributed by atoms with van der Waals surface area (Å²) in [7, 11) is 1.70. The molecular weight excluding hydrogens is 408 g/mol. The van der Waals surface area contributed by atoms with Crippen LogP contribution in [0.4, 0.5) is 5.69 Å². The van der Waals surface area contributed by atoms with Crippen molar-refractivity contribution >= 4 is 40.5 Å². The number of benzene rings is 1. The number of hydrogen-bond acceptors (Lipinski definition) is 5. The summed E-state index contributed by atoms with van der Waals surface area (Å²) < 4.78 is 0. The minimum atomic E-state index is 0.0773. The molecule has 29 heavy (non-hydrogen) atoms. The molecular formula is C20H27ClN6OS. The number of carbonyl (C=O) groups is 1. The molecule has 1 aliphatic heterocycles. The molecule has 1 fully saturated rings. The number of nitrogens with zero attached hydrogens (tertiary/aromatic N) is 4. The van der Waals surface area contributed by atoms with Crippen molar-refractivity contribution in [3.63, 3.8) is 0 Å². The van der Waals surface area contributed by atoms with Gasteiger partial charge in [0.1, 0.15) is 0 Å². The molecule has 0 unspecified atom stereocenters. The lowest BCUT2D eigenvalue weighted by molar-refractivity contribution is -0.130. The molecule has 0 spiro atoms. The first-order valence-corrected chi connectivity index (χ1v) is 10.8. The van der Waals surface area contributed by atoms with Gasteiger partial charge in [0.15, 0.2) is 5.96 Å². The van der Waals surface area contributed by atoms with E-state index in [4.69, 9.17) is 11.6 Å². The van der Waals surface area contributed by atoms with Crippen molar-refractivity contribution in [2.24, 2.45) is 4.99 Å². The molecule has 0 atom stereocenters. The van der Waals surface area contributed by atoms with Crippen molar-refractivity contribution in [1.82, 2.24) is 20.5 Å². The third-order valence-electron chi connectivity index (χ3n) is 4.87. The van der Waals surface area contributed by atoms with Crippen molar-refractivity contribution in [3.8, 4) is 0 Å². The molecule has 2 aromatic rings. The second-order valence-corrected chi connectivity index (χ2v) is 8.59. The highest BCUT2D eigenvalue weighted by atomic mass is 35.5. The SMILES string of the molecule is CN=C(NCC(=O)N1CCN(c2ccc(Cl)cc2)CC1)NCc1sc(C)nc1C. The van der Waals surface area contributed by atoms with E-state index < -0.39 is 0 Å². The van der Waals surface area contributed by atoms with Crippen molar-refractivity contribution in [2.75, 3.05) is 44.7 Å². The van der Waals surface area contributed by atoms with Crippen LogP contribution >= 0.6 is 22.9 Å². The Hall–Kier alpha value is -2.32. The number of rotatable bonds is 5. The van der Waals surface area contributed by atoms with Crippen LogP contribution in [0, 0.1) is 13.8 Å². The number of guanidine groups is 1. The molecule has 7 nitrogen and oxygen atoms in total. The average molecular weight is 435 g/mol. The van der Waals surface area contributed by atoms with Crippen molar-refractivity contribution < 1.29 is 4.79 Å². The van der Waals surface area contributed by atoms with E-state index in [1.165, 1.54) is 4.88 Å². The van der Waals surface area contributed by atoms with Crippen LogP contribution in [0.3, 0.4) is 0 Å². The molecule has 0 saturated carbocycles. The first kappa shape index (κ1) is 21.4. The van der Waals surface area contributed by atoms with E-state index in [0.29, 0.717) is 25.6 Å². The normalized spacial score (nSPS) is 14.8. The number of amides is 1. The highest BCUT2D eigenvalue weighted by molar-refractivity contribution is 7.11. The first-order chi connectivity index (χ1) is 14.0. The first-order valence-electron chi connectivity index (χ1n) is 9.62. The van der Waals surface area contributed by atoms with Gasteiger partial charge in [-0.15, -0.1) is 11.3 Å². The van der Waals surface area contributed by atoms with Crippen LogP contribution in [0.5, 0.6) is 0 Å². The number of piperazine rings is 1. The number of anilines is 1. The summed E-state index contributed by atoms with van der Waals surface area (Å²) in [6.07, 6.45) is 0. The molecule has 2 heterocycles. The maximum absolute atomic E-state index is 12.6. The molecule has 1 amide bonds. The number of hydrogen-bond donors (Lipinski definition) is 2. The van der Waals surface area contributed by atoms with Crippen LogP contribution < -0.4 is 15.5 Å². The highest BCUT2D eigenvalue weighted by Gasteiger charge is 2.21. The molecule has 1 saturated heterocycles. The molecule has 1 aromatic heterocycles. The highest BCUT2D eigenvalue weighted by Crippen LogP contribution is 2.19. The third kappa shape index (κ3) is 5.83. The van der Waals surface area contributed by atoms with Gasteiger partial charge in [0.2, 0.25) is 5.91 Å². The second-order valence-electron chi connectivity index (χ2n) is 6.87. The number of thiazole rings is 1. The van der Waals surface area contributed by atoms with Gasteiger partial charge in [-0.25, -0.2) is 4.98 Å². The predicted octanol–water partition coefficient (Wildman–Crippen LogP) is 2.43. The number of carbonyl (C=O) groups excluding carboxylic acids is 1. The monoisotopic (exact) mass is 434 g/mol. The van der Waals surface area contributed by atoms with E-state index in [0.717, 1.165) is 34.5 Å². The number of nitrogens with one attached hydrogen (secondary N) is 2. The van der Waals surface area contributed by atoms with Crippen LogP contribution in [0.25, 0.3) is 0 Å². The molecule has 2 N–H and O–H groups in total. The Bertz CT molecular complexity index is 858. The van der Waals surface area contributed by atoms with Gasteiger partial charge in [-0.05, 0) is 38.1 Å². The summed E-state index contributed by atoms with van der Waals surface area (Å²) in [6.45, 7) is 7.90. The fourth-order valence-electron chi connectivity index (χ4n) is 3.26. The van der Waals surface area contributed by atoms with E-state index >= 15 is 0 Å². The van der Waals surface area contributed by atoms with E-state index in [2.05, 4.69) is 25.5 Å². The minimum absolute atomic E-state index is 0.0773. The summed E-state index contributed by atoms with van der Waals surface area (Å²) in [4.78, 5) is 26.5. The molecule has 1 aromatic carbocycles. The Morgan fingerprint density at radius 2 is 1.86 bits per heavy atom. The zero-order chi connectivity index (χ0) is 20.8. The molecule has 0 radical (unpaired) electrons. The molecule has 0 aliphatic carbocycles. The summed E-state index contributed by atoms with van der Waals surface area (Å²) in [5, 5.41) is 8.15. The van der Waals surface area contributed by atoms with Crippen molar-refractivity contribution in [1.29, 1.82) is 0 Å². The van der Waals surface area contributed by atoms with Gasteiger partial charge in [-0.2, -0.15) is 0 Å². The van der Waals surface area contributed by atoms with Crippen molar-refractivity contribution in [2.45, 2.75) is 20.4 Å². The Labute approximate surface area is 180 Å². The van der Waals surface area contributed by atoms with E-state index in [1.54, 1.807) is 18.4 Å². The largest absolute Gasteiger partial charge is 0.368 e. The molecule has 0 bridgehead atoms. The lowest BCUT2D eigenvalue weighted by Crippen LogP contribution is -2.52. The van der Waals surface area contributed by atoms with Gasteiger partial charge >= 0.3 is 0 Å². The Balaban J connectivity index is 1.43. The van der Waals surface area contributed by atoms with Crippen LogP contribution in [0.2, 0.25) is 5.02 Å². The number of halogens is 1. The summed E-state index contributed by atoms with van der Waals surface area (Å²) in [6, 6.07) is 7.82. The fourth-order valence-corrected chi connectivity index (χ4v) is 4.26. The van der Waals surface area contributed by atoms with Crippen LogP contribution in [-0.2, 0) is 11.3 Å². The maximum Gasteiger partial charge on any atom is 0.242 e. The summed E-state index contributed by atoms with van der Waals surface area (Å²) in [5.41, 5.74) is 2.17. The quantitative estimate of drug-likeness (QED) is 0.558. The van der Waals surface area contributed by atoms with Gasteiger partial charge < -0.3 is 20.4 Å². The lowest BCUT2D eigenvalue weighted by atomic mass is 10.2. The zero-order valence-corrected chi connectivity index (χ0v) is 18.6. The number of aryl methyl sites for hydroxylation is 2. The van der Waals surface area contributed by atoms with Crippen LogP contribution in [0.15, 0.2) is 29.3 Å². The minimum Gasteiger partial charge on any atom is -0.368 e. The second kappa shape index (κ2) is 9.93. The number of aliphatic imine (C=N–C) groups is 1. The molecule has 9 heteroatoms. The standard InChI is InChI=1S/C20H27ClN6OS/c1-14-18(29-15(2)25-14)12-23-20(22-3)24-13-19(28)27-10-8-26(9-11-27)17-6-4-16(21)5-7-17/h4-7H,8-13H2,1-3H3,(H2,22,23,24). The van der Waals surface area contributed by atoms with E-state index in [9.17, 15) is 4.79 Å². The van der Waals surface area contributed by atoms with Gasteiger partial charge in [0, 0.05) is 48.8 Å². The van der Waals surface area contributed by atoms with Crippen LogP contribution in [-0.4, -0.2) is 61.5 Å². The Kier molecular flexibility index (Phi) is 7.33. The molecule has 156 valence electrons. The molecule has 1 aliphatic rings. The van der Waals surface area contributed by atoms with E-state index in [1.807, 2.05) is 43.0 Å².